The van der Waals surface area contributed by atoms with Crippen molar-refractivity contribution in [2.75, 3.05) is 0 Å². The maximum Gasteiger partial charge on any atom is 0.145 e. The first-order valence-corrected chi connectivity index (χ1v) is 7.71. The smallest absolute Gasteiger partial charge is 0.145 e. The third kappa shape index (κ3) is 3.64. The predicted octanol–water partition coefficient (Wildman–Crippen LogP) is 3.99. The molecule has 0 saturated heterocycles. The molecule has 2 nitrogen and oxygen atoms in total. The Kier molecular flexibility index (Phi) is 4.50. The van der Waals surface area contributed by atoms with Gasteiger partial charge in [-0.15, -0.1) is 0 Å². The second-order valence-corrected chi connectivity index (χ2v) is 7.44. The van der Waals surface area contributed by atoms with E-state index >= 15 is 0 Å². The van der Waals surface area contributed by atoms with Crippen molar-refractivity contribution in [3.05, 3.63) is 71.8 Å². The van der Waals surface area contributed by atoms with Gasteiger partial charge >= 0.3 is 0 Å². The minimum absolute atomic E-state index is 0.366. The Hall–Kier alpha value is -1.74. The average molecular weight is 285 g/mol. The molecule has 0 fully saturated rings. The first-order valence-electron chi connectivity index (χ1n) is 6.60. The summed E-state index contributed by atoms with van der Waals surface area (Å²) in [5.74, 6) is 0. The van der Waals surface area contributed by atoms with Crippen LogP contribution in [-0.2, 0) is 11.0 Å². The fourth-order valence-electron chi connectivity index (χ4n) is 1.68. The Balaban J connectivity index is 2.52. The Labute approximate surface area is 123 Å². The highest BCUT2D eigenvalue weighted by Gasteiger charge is 2.20. The topological polar surface area (TPSA) is 29.4 Å². The molecule has 0 radical (unpaired) electrons. The molecule has 3 heteroatoms. The van der Waals surface area contributed by atoms with Gasteiger partial charge in [0.15, 0.2) is 0 Å². The van der Waals surface area contributed by atoms with E-state index in [9.17, 15) is 4.21 Å². The van der Waals surface area contributed by atoms with Crippen molar-refractivity contribution < 1.29 is 4.21 Å². The van der Waals surface area contributed by atoms with Gasteiger partial charge in [-0.05, 0) is 20.8 Å². The van der Waals surface area contributed by atoms with E-state index in [0.717, 1.165) is 16.8 Å². The van der Waals surface area contributed by atoms with Gasteiger partial charge < -0.3 is 0 Å². The molecule has 0 bridgehead atoms. The van der Waals surface area contributed by atoms with Crippen molar-refractivity contribution in [3.63, 3.8) is 0 Å². The lowest BCUT2D eigenvalue weighted by molar-refractivity contribution is 0.650. The summed E-state index contributed by atoms with van der Waals surface area (Å²) in [6, 6.07) is 19.8. The molecule has 2 aromatic carbocycles. The fourth-order valence-corrected chi connectivity index (χ4v) is 2.33. The van der Waals surface area contributed by atoms with Crippen LogP contribution in [0.25, 0.3) is 0 Å². The molecule has 0 N–H and O–H groups in total. The zero-order chi connectivity index (χ0) is 14.6. The minimum atomic E-state index is -1.28. The van der Waals surface area contributed by atoms with Crippen molar-refractivity contribution in [3.8, 4) is 0 Å². The van der Waals surface area contributed by atoms with E-state index < -0.39 is 11.0 Å². The standard InChI is InChI=1S/C17H19NOS/c1-17(2,3)20(19)18-16(14-10-6-4-7-11-14)15-12-8-5-9-13-15/h4-13H,1-3H3/t20-/m0/s1. The third-order valence-corrected chi connectivity index (χ3v) is 4.19. The van der Waals surface area contributed by atoms with Gasteiger partial charge in [-0.1, -0.05) is 60.7 Å². The number of hydrogen-bond donors (Lipinski definition) is 0. The van der Waals surface area contributed by atoms with E-state index in [1.165, 1.54) is 0 Å². The second-order valence-electron chi connectivity index (χ2n) is 5.53. The van der Waals surface area contributed by atoms with Crippen LogP contribution in [0.5, 0.6) is 0 Å². The van der Waals surface area contributed by atoms with Crippen molar-refractivity contribution in [2.45, 2.75) is 25.5 Å². The zero-order valence-corrected chi connectivity index (χ0v) is 12.9. The lowest BCUT2D eigenvalue weighted by atomic mass is 10.0. The molecule has 0 saturated carbocycles. The molecule has 0 amide bonds. The highest BCUT2D eigenvalue weighted by atomic mass is 32.2. The van der Waals surface area contributed by atoms with Crippen molar-refractivity contribution in [1.29, 1.82) is 0 Å². The largest absolute Gasteiger partial charge is 0.234 e. The quantitative estimate of drug-likeness (QED) is 0.784. The van der Waals surface area contributed by atoms with Crippen LogP contribution in [0.1, 0.15) is 31.9 Å². The van der Waals surface area contributed by atoms with E-state index in [4.69, 9.17) is 0 Å². The number of nitrogens with zero attached hydrogens (tertiary/aromatic N) is 1. The van der Waals surface area contributed by atoms with E-state index in [0.29, 0.717) is 0 Å². The molecular weight excluding hydrogens is 266 g/mol. The van der Waals surface area contributed by atoms with E-state index in [1.807, 2.05) is 81.4 Å². The SMILES string of the molecule is CC(C)(C)[S@](=O)N=C(c1ccccc1)c1ccccc1. The molecule has 0 spiro atoms. The number of rotatable bonds is 3. The maximum atomic E-state index is 12.3. The van der Waals surface area contributed by atoms with Crippen LogP contribution in [0.3, 0.4) is 0 Å². The highest BCUT2D eigenvalue weighted by Crippen LogP contribution is 2.17. The van der Waals surface area contributed by atoms with Crippen LogP contribution in [0.15, 0.2) is 65.1 Å². The van der Waals surface area contributed by atoms with E-state index in [2.05, 4.69) is 4.40 Å². The number of benzene rings is 2. The first-order chi connectivity index (χ1) is 9.48. The van der Waals surface area contributed by atoms with Crippen LogP contribution in [-0.4, -0.2) is 14.7 Å². The lowest BCUT2D eigenvalue weighted by Crippen LogP contribution is -2.21. The van der Waals surface area contributed by atoms with Crippen LogP contribution in [0.4, 0.5) is 0 Å². The first kappa shape index (κ1) is 14.7. The summed E-state index contributed by atoms with van der Waals surface area (Å²) < 4.78 is 16.5. The summed E-state index contributed by atoms with van der Waals surface area (Å²) in [5.41, 5.74) is 2.74. The summed E-state index contributed by atoms with van der Waals surface area (Å²) >= 11 is 0. The van der Waals surface area contributed by atoms with Gasteiger partial charge in [0.1, 0.15) is 11.0 Å². The molecule has 0 aliphatic heterocycles. The molecule has 0 unspecified atom stereocenters. The van der Waals surface area contributed by atoms with Crippen LogP contribution >= 0.6 is 0 Å². The third-order valence-electron chi connectivity index (χ3n) is 2.79. The average Bonchev–Trinajstić information content (AvgIpc) is 2.45. The van der Waals surface area contributed by atoms with Crippen molar-refractivity contribution in [2.24, 2.45) is 4.40 Å². The van der Waals surface area contributed by atoms with Crippen molar-refractivity contribution in [1.82, 2.24) is 0 Å². The Bertz CT molecular complexity index is 571. The second kappa shape index (κ2) is 6.14. The molecule has 2 aromatic rings. The molecule has 0 aliphatic carbocycles. The molecular formula is C17H19NOS. The summed E-state index contributed by atoms with van der Waals surface area (Å²) in [5, 5.41) is 0. The molecule has 0 aromatic heterocycles. The molecule has 20 heavy (non-hydrogen) atoms. The normalized spacial score (nSPS) is 12.8. The Morgan fingerprint density at radius 2 is 1.25 bits per heavy atom. The van der Waals surface area contributed by atoms with E-state index in [-0.39, 0.29) is 4.75 Å². The maximum absolute atomic E-state index is 12.3. The summed E-state index contributed by atoms with van der Waals surface area (Å²) in [6.45, 7) is 5.79. The molecule has 0 aliphatic rings. The molecule has 1 atom stereocenters. The number of hydrogen-bond acceptors (Lipinski definition) is 1. The summed E-state index contributed by atoms with van der Waals surface area (Å²) in [7, 11) is -1.28. The van der Waals surface area contributed by atoms with Crippen LogP contribution in [0.2, 0.25) is 0 Å². The minimum Gasteiger partial charge on any atom is -0.234 e. The van der Waals surface area contributed by atoms with Gasteiger partial charge in [0.05, 0.1) is 10.5 Å². The van der Waals surface area contributed by atoms with Crippen LogP contribution < -0.4 is 0 Å². The Morgan fingerprint density at radius 3 is 1.60 bits per heavy atom. The van der Waals surface area contributed by atoms with Crippen LogP contribution in [0, 0.1) is 0 Å². The monoisotopic (exact) mass is 285 g/mol. The summed E-state index contributed by atoms with van der Waals surface area (Å²) in [4.78, 5) is 0. The van der Waals surface area contributed by atoms with Gasteiger partial charge in [0, 0.05) is 11.1 Å². The zero-order valence-electron chi connectivity index (χ0n) is 12.0. The van der Waals surface area contributed by atoms with Crippen molar-refractivity contribution >= 4 is 16.7 Å². The van der Waals surface area contributed by atoms with Gasteiger partial charge in [-0.25, -0.2) is 4.21 Å². The lowest BCUT2D eigenvalue weighted by Gasteiger charge is -2.15. The van der Waals surface area contributed by atoms with Gasteiger partial charge in [0.2, 0.25) is 0 Å². The van der Waals surface area contributed by atoms with Gasteiger partial charge in [-0.2, -0.15) is 4.40 Å². The predicted molar refractivity (Wildman–Crippen MR) is 86.4 cm³/mol. The molecule has 104 valence electrons. The van der Waals surface area contributed by atoms with Gasteiger partial charge in [0.25, 0.3) is 0 Å². The van der Waals surface area contributed by atoms with Gasteiger partial charge in [-0.3, -0.25) is 0 Å². The fraction of sp³-hybridized carbons (Fsp3) is 0.235. The molecule has 2 rings (SSSR count). The van der Waals surface area contributed by atoms with E-state index in [1.54, 1.807) is 0 Å². The molecule has 0 heterocycles. The highest BCUT2D eigenvalue weighted by molar-refractivity contribution is 7.85. The Morgan fingerprint density at radius 1 is 0.850 bits per heavy atom. The summed E-state index contributed by atoms with van der Waals surface area (Å²) in [6.07, 6.45) is 0.